The number of nitrogens with one attached hydrogen (secondary N) is 1. The lowest BCUT2D eigenvalue weighted by Crippen LogP contribution is -2.29. The zero-order valence-corrected chi connectivity index (χ0v) is 12.3. The van der Waals surface area contributed by atoms with Crippen molar-refractivity contribution in [2.45, 2.75) is 38.0 Å². The number of benzene rings is 1. The molecule has 1 unspecified atom stereocenters. The van der Waals surface area contributed by atoms with Gasteiger partial charge in [0.1, 0.15) is 5.75 Å². The van der Waals surface area contributed by atoms with Crippen molar-refractivity contribution < 1.29 is 9.53 Å². The highest BCUT2D eigenvalue weighted by Crippen LogP contribution is 2.27. The molecule has 1 aliphatic carbocycles. The Morgan fingerprint density at radius 3 is 2.85 bits per heavy atom. The Bertz CT molecular complexity index is 517. The molecule has 1 amide bonds. The second-order valence-electron chi connectivity index (χ2n) is 5.56. The van der Waals surface area contributed by atoms with Crippen LogP contribution in [0, 0.1) is 0 Å². The van der Waals surface area contributed by atoms with Gasteiger partial charge in [-0.15, -0.1) is 0 Å². The van der Waals surface area contributed by atoms with E-state index in [-0.39, 0.29) is 12.0 Å². The van der Waals surface area contributed by atoms with Gasteiger partial charge in [-0.25, -0.2) is 0 Å². The highest BCUT2D eigenvalue weighted by atomic mass is 35.5. The van der Waals surface area contributed by atoms with Crippen LogP contribution in [0.15, 0.2) is 18.2 Å². The van der Waals surface area contributed by atoms with Crippen LogP contribution in [0.1, 0.15) is 24.8 Å². The van der Waals surface area contributed by atoms with Crippen LogP contribution in [-0.2, 0) is 11.3 Å². The molecule has 1 aliphatic heterocycles. The minimum atomic E-state index is -0.360. The minimum Gasteiger partial charge on any atom is -0.480 e. The molecule has 2 fully saturated rings. The molecule has 1 N–H and O–H groups in total. The number of ether oxygens (including phenoxy) is 1. The lowest BCUT2D eigenvalue weighted by molar-refractivity contribution is -0.132. The fraction of sp³-hybridized carbons (Fsp3) is 0.533. The number of hydrogen-bond acceptors (Lipinski definition) is 3. The Kier molecular flexibility index (Phi) is 3.85. The van der Waals surface area contributed by atoms with Crippen molar-refractivity contribution in [1.29, 1.82) is 0 Å². The number of likely N-dealkylation sites (N-methyl/N-ethyl adjacent to an activating group) is 1. The smallest absolute Gasteiger partial charge is 0.263 e. The van der Waals surface area contributed by atoms with Crippen LogP contribution in [0.2, 0.25) is 5.02 Å². The quantitative estimate of drug-likeness (QED) is 0.905. The lowest BCUT2D eigenvalue weighted by atomic mass is 10.2. The number of likely N-dealkylation sites (tertiary alicyclic amines) is 1. The van der Waals surface area contributed by atoms with Crippen molar-refractivity contribution in [3.05, 3.63) is 28.8 Å². The molecule has 108 valence electrons. The summed E-state index contributed by atoms with van der Waals surface area (Å²) in [6.07, 6.45) is 2.86. The van der Waals surface area contributed by atoms with E-state index in [4.69, 9.17) is 16.3 Å². The van der Waals surface area contributed by atoms with Crippen molar-refractivity contribution in [1.82, 2.24) is 10.2 Å². The molecule has 0 spiro atoms. The fourth-order valence-corrected chi connectivity index (χ4v) is 2.59. The first kappa shape index (κ1) is 13.7. The molecule has 0 radical (unpaired) electrons. The maximum atomic E-state index is 11.9. The third-order valence-corrected chi connectivity index (χ3v) is 4.06. The van der Waals surface area contributed by atoms with E-state index in [0.29, 0.717) is 11.1 Å². The van der Waals surface area contributed by atoms with Crippen molar-refractivity contribution in [3.8, 4) is 5.75 Å². The molecule has 1 aromatic carbocycles. The Labute approximate surface area is 124 Å². The van der Waals surface area contributed by atoms with E-state index < -0.39 is 0 Å². The molecule has 2 aliphatic rings. The maximum Gasteiger partial charge on any atom is 0.263 e. The molecule has 5 heteroatoms. The molecular weight excluding hydrogens is 276 g/mol. The van der Waals surface area contributed by atoms with Gasteiger partial charge in [0.25, 0.3) is 5.91 Å². The van der Waals surface area contributed by atoms with Gasteiger partial charge in [0.05, 0.1) is 0 Å². The average molecular weight is 295 g/mol. The topological polar surface area (TPSA) is 41.6 Å². The van der Waals surface area contributed by atoms with Gasteiger partial charge in [-0.1, -0.05) is 11.6 Å². The second-order valence-corrected chi connectivity index (χ2v) is 6.00. The number of amides is 1. The molecule has 1 atom stereocenters. The van der Waals surface area contributed by atoms with Crippen LogP contribution < -0.4 is 10.1 Å². The van der Waals surface area contributed by atoms with Gasteiger partial charge in [0.15, 0.2) is 6.10 Å². The van der Waals surface area contributed by atoms with E-state index in [1.807, 2.05) is 19.2 Å². The predicted octanol–water partition coefficient (Wildman–Crippen LogP) is 2.20. The zero-order valence-electron chi connectivity index (χ0n) is 11.6. The lowest BCUT2D eigenvalue weighted by Gasteiger charge is -2.16. The fourth-order valence-electron chi connectivity index (χ4n) is 2.40. The summed E-state index contributed by atoms with van der Waals surface area (Å²) in [5.41, 5.74) is 1.02. The molecule has 0 aromatic heterocycles. The minimum absolute atomic E-state index is 0.0565. The summed E-state index contributed by atoms with van der Waals surface area (Å²) in [7, 11) is 1.81. The largest absolute Gasteiger partial charge is 0.480 e. The van der Waals surface area contributed by atoms with Crippen molar-refractivity contribution in [2.75, 3.05) is 13.6 Å². The summed E-state index contributed by atoms with van der Waals surface area (Å²) in [5, 5.41) is 4.15. The first-order chi connectivity index (χ1) is 9.63. The van der Waals surface area contributed by atoms with Gasteiger partial charge in [-0.2, -0.15) is 0 Å². The van der Waals surface area contributed by atoms with Gasteiger partial charge < -0.3 is 15.0 Å². The number of nitrogens with zero attached hydrogens (tertiary/aromatic N) is 1. The van der Waals surface area contributed by atoms with Crippen LogP contribution in [0.25, 0.3) is 0 Å². The van der Waals surface area contributed by atoms with Gasteiger partial charge in [-0.05, 0) is 31.0 Å². The van der Waals surface area contributed by atoms with Crippen molar-refractivity contribution in [2.24, 2.45) is 0 Å². The molecule has 1 saturated heterocycles. The van der Waals surface area contributed by atoms with Crippen LogP contribution in [0.3, 0.4) is 0 Å². The monoisotopic (exact) mass is 294 g/mol. The summed E-state index contributed by atoms with van der Waals surface area (Å²) in [4.78, 5) is 13.6. The molecule has 0 bridgehead atoms. The highest BCUT2D eigenvalue weighted by molar-refractivity contribution is 6.30. The van der Waals surface area contributed by atoms with Crippen LogP contribution in [0.5, 0.6) is 5.75 Å². The van der Waals surface area contributed by atoms with E-state index in [1.165, 1.54) is 12.8 Å². The molecule has 1 saturated carbocycles. The first-order valence-corrected chi connectivity index (χ1v) is 7.45. The number of hydrogen-bond donors (Lipinski definition) is 1. The standard InChI is InChI=1S/C15H19ClN2O2/c1-18-7-6-14(15(18)19)20-13-5-2-11(16)8-10(13)9-17-12-3-4-12/h2,5,8,12,14,17H,3-4,6-7,9H2,1H3. The summed E-state index contributed by atoms with van der Waals surface area (Å²) in [6.45, 7) is 1.49. The number of carbonyl (C=O) groups excluding carboxylic acids is 1. The van der Waals surface area contributed by atoms with Gasteiger partial charge in [0, 0.05) is 43.2 Å². The number of halogens is 1. The van der Waals surface area contributed by atoms with Gasteiger partial charge in [-0.3, -0.25) is 4.79 Å². The number of rotatable bonds is 5. The summed E-state index contributed by atoms with van der Waals surface area (Å²) in [6, 6.07) is 6.20. The van der Waals surface area contributed by atoms with Gasteiger partial charge in [0.2, 0.25) is 0 Å². The molecule has 3 rings (SSSR count). The van der Waals surface area contributed by atoms with E-state index in [2.05, 4.69) is 5.32 Å². The highest BCUT2D eigenvalue weighted by Gasteiger charge is 2.31. The second kappa shape index (κ2) is 5.62. The first-order valence-electron chi connectivity index (χ1n) is 7.07. The molecule has 20 heavy (non-hydrogen) atoms. The average Bonchev–Trinajstić information content (AvgIpc) is 3.21. The summed E-state index contributed by atoms with van der Waals surface area (Å²) in [5.74, 6) is 0.817. The van der Waals surface area contributed by atoms with E-state index in [0.717, 1.165) is 30.8 Å². The summed E-state index contributed by atoms with van der Waals surface area (Å²) >= 11 is 6.06. The van der Waals surface area contributed by atoms with Crippen LogP contribution in [0.4, 0.5) is 0 Å². The molecule has 4 nitrogen and oxygen atoms in total. The number of carbonyl (C=O) groups is 1. The third kappa shape index (κ3) is 3.07. The Hall–Kier alpha value is -1.26. The molecule has 1 heterocycles. The van der Waals surface area contributed by atoms with Crippen molar-refractivity contribution >= 4 is 17.5 Å². The van der Waals surface area contributed by atoms with Crippen LogP contribution in [-0.4, -0.2) is 36.5 Å². The maximum absolute atomic E-state index is 11.9. The molecular formula is C15H19ClN2O2. The van der Waals surface area contributed by atoms with Crippen molar-refractivity contribution in [3.63, 3.8) is 0 Å². The predicted molar refractivity (Wildman–Crippen MR) is 78.0 cm³/mol. The van der Waals surface area contributed by atoms with Crippen LogP contribution >= 0.6 is 11.6 Å². The molecule has 1 aromatic rings. The zero-order chi connectivity index (χ0) is 14.1. The normalized spacial score (nSPS) is 22.4. The third-order valence-electron chi connectivity index (χ3n) is 3.83. The Balaban J connectivity index is 1.72. The van der Waals surface area contributed by atoms with Gasteiger partial charge >= 0.3 is 0 Å². The summed E-state index contributed by atoms with van der Waals surface area (Å²) < 4.78 is 5.91. The van der Waals surface area contributed by atoms with E-state index >= 15 is 0 Å². The Morgan fingerprint density at radius 1 is 1.40 bits per heavy atom. The van der Waals surface area contributed by atoms with E-state index in [9.17, 15) is 4.79 Å². The van der Waals surface area contributed by atoms with E-state index in [1.54, 1.807) is 11.0 Å². The SMILES string of the molecule is CN1CCC(Oc2ccc(Cl)cc2CNC2CC2)C1=O. The Morgan fingerprint density at radius 2 is 2.20 bits per heavy atom.